The Kier molecular flexibility index (Phi) is 6.32. The molecular weight excluding hydrogens is 414 g/mol. The second-order valence-electron chi connectivity index (χ2n) is 7.07. The zero-order chi connectivity index (χ0) is 21.6. The van der Waals surface area contributed by atoms with Gasteiger partial charge in [-0.3, -0.25) is 19.5 Å². The van der Waals surface area contributed by atoms with E-state index in [1.165, 1.54) is 16.2 Å². The molecule has 4 amide bonds. The van der Waals surface area contributed by atoms with Gasteiger partial charge in [-0.2, -0.15) is 0 Å². The van der Waals surface area contributed by atoms with Gasteiger partial charge in [0.05, 0.1) is 5.69 Å². The van der Waals surface area contributed by atoms with Crippen molar-refractivity contribution < 1.29 is 14.4 Å². The monoisotopic (exact) mass is 435 g/mol. The number of nitrogens with one attached hydrogen (secondary N) is 2. The zero-order valence-electron chi connectivity index (χ0n) is 16.7. The maximum atomic E-state index is 12.6. The zero-order valence-corrected chi connectivity index (χ0v) is 17.5. The van der Waals surface area contributed by atoms with Crippen LogP contribution in [0.25, 0.3) is 11.4 Å². The number of amides is 4. The molecule has 2 aromatic heterocycles. The lowest BCUT2D eigenvalue weighted by atomic mass is 10.1. The van der Waals surface area contributed by atoms with Gasteiger partial charge < -0.3 is 10.6 Å². The van der Waals surface area contributed by atoms with E-state index < -0.39 is 12.1 Å². The van der Waals surface area contributed by atoms with E-state index >= 15 is 0 Å². The molecule has 0 unspecified atom stereocenters. The topological polar surface area (TPSA) is 104 Å². The van der Waals surface area contributed by atoms with Crippen LogP contribution >= 0.6 is 11.3 Å². The van der Waals surface area contributed by atoms with E-state index in [4.69, 9.17) is 0 Å². The minimum atomic E-state index is -0.686. The van der Waals surface area contributed by atoms with E-state index in [1.807, 2.05) is 53.9 Å². The lowest BCUT2D eigenvalue weighted by molar-refractivity contribution is -0.127. The molecule has 0 spiro atoms. The number of thiazole rings is 1. The van der Waals surface area contributed by atoms with Gasteiger partial charge in [0.25, 0.3) is 5.91 Å². The first-order chi connectivity index (χ1) is 15.1. The Labute approximate surface area is 183 Å². The molecule has 9 heteroatoms. The first-order valence-corrected chi connectivity index (χ1v) is 10.8. The van der Waals surface area contributed by atoms with Gasteiger partial charge in [-0.1, -0.05) is 36.4 Å². The molecule has 1 aliphatic rings. The van der Waals surface area contributed by atoms with Crippen LogP contribution in [0, 0.1) is 0 Å². The van der Waals surface area contributed by atoms with Gasteiger partial charge in [0.15, 0.2) is 5.13 Å². The smallest absolute Gasteiger partial charge is 0.324 e. The number of rotatable bonds is 8. The maximum absolute atomic E-state index is 12.6. The number of carbonyl (C=O) groups is 3. The fourth-order valence-corrected chi connectivity index (χ4v) is 4.01. The number of hydrogen-bond donors (Lipinski definition) is 2. The van der Waals surface area contributed by atoms with Gasteiger partial charge in [0, 0.05) is 24.5 Å². The molecule has 8 nitrogen and oxygen atoms in total. The predicted molar refractivity (Wildman–Crippen MR) is 117 cm³/mol. The fraction of sp³-hybridized carbons (Fsp3) is 0.227. The Balaban J connectivity index is 1.26. The summed E-state index contributed by atoms with van der Waals surface area (Å²) in [5.41, 5.74) is 2.47. The van der Waals surface area contributed by atoms with Crippen LogP contribution in [0.1, 0.15) is 18.4 Å². The number of hydrogen-bond acceptors (Lipinski definition) is 6. The first-order valence-electron chi connectivity index (χ1n) is 9.93. The molecule has 1 aliphatic heterocycles. The summed E-state index contributed by atoms with van der Waals surface area (Å²) in [7, 11) is 0. The molecule has 0 saturated carbocycles. The average molecular weight is 436 g/mol. The fourth-order valence-electron chi connectivity index (χ4n) is 3.29. The molecule has 1 atom stereocenters. The van der Waals surface area contributed by atoms with Crippen molar-refractivity contribution in [2.24, 2.45) is 0 Å². The molecule has 3 heterocycles. The minimum Gasteiger partial charge on any atom is -0.326 e. The van der Waals surface area contributed by atoms with Crippen molar-refractivity contribution >= 4 is 34.3 Å². The van der Waals surface area contributed by atoms with E-state index in [0.29, 0.717) is 23.8 Å². The Morgan fingerprint density at radius 3 is 2.68 bits per heavy atom. The molecule has 2 N–H and O–H groups in total. The van der Waals surface area contributed by atoms with Crippen molar-refractivity contribution in [2.75, 3.05) is 11.9 Å². The molecule has 31 heavy (non-hydrogen) atoms. The van der Waals surface area contributed by atoms with Crippen LogP contribution in [0.15, 0.2) is 60.1 Å². The lowest BCUT2D eigenvalue weighted by Crippen LogP contribution is -2.33. The highest BCUT2D eigenvalue weighted by Gasteiger charge is 2.37. The molecule has 3 aromatic rings. The van der Waals surface area contributed by atoms with Crippen LogP contribution < -0.4 is 10.6 Å². The summed E-state index contributed by atoms with van der Waals surface area (Å²) in [6, 6.07) is 14.1. The third-order valence-electron chi connectivity index (χ3n) is 4.91. The number of pyridine rings is 1. The van der Waals surface area contributed by atoms with Crippen molar-refractivity contribution in [3.05, 3.63) is 65.7 Å². The standard InChI is InChI=1S/C22H21N5O3S/c28-19(26-21-24-18(14-31-21)16-8-4-5-12-23-16)10-9-17-20(29)27(22(30)25-17)13-11-15-6-2-1-3-7-15/h1-8,12,14,17H,9-11,13H2,(H,25,30)(H,24,26,28)/t17-/m1/s1. The van der Waals surface area contributed by atoms with Crippen molar-refractivity contribution in [2.45, 2.75) is 25.3 Å². The molecule has 0 radical (unpaired) electrons. The van der Waals surface area contributed by atoms with Crippen molar-refractivity contribution in [3.63, 3.8) is 0 Å². The van der Waals surface area contributed by atoms with Crippen LogP contribution in [-0.2, 0) is 16.0 Å². The van der Waals surface area contributed by atoms with Crippen LogP contribution in [0.5, 0.6) is 0 Å². The van der Waals surface area contributed by atoms with Crippen molar-refractivity contribution in [1.82, 2.24) is 20.2 Å². The van der Waals surface area contributed by atoms with Gasteiger partial charge in [-0.15, -0.1) is 11.3 Å². The normalized spacial score (nSPS) is 15.7. The number of anilines is 1. The minimum absolute atomic E-state index is 0.0989. The summed E-state index contributed by atoms with van der Waals surface area (Å²) in [6.07, 6.45) is 2.61. The molecular formula is C22H21N5O3S. The lowest BCUT2D eigenvalue weighted by Gasteiger charge is -2.13. The highest BCUT2D eigenvalue weighted by Crippen LogP contribution is 2.23. The molecule has 0 bridgehead atoms. The molecule has 1 saturated heterocycles. The number of nitrogens with zero attached hydrogens (tertiary/aromatic N) is 3. The molecule has 158 valence electrons. The summed E-state index contributed by atoms with van der Waals surface area (Å²) in [5.74, 6) is -0.549. The van der Waals surface area contributed by atoms with Crippen LogP contribution in [0.4, 0.5) is 9.93 Å². The highest BCUT2D eigenvalue weighted by molar-refractivity contribution is 7.14. The molecule has 4 rings (SSSR count). The van der Waals surface area contributed by atoms with Crippen LogP contribution in [0.2, 0.25) is 0 Å². The van der Waals surface area contributed by atoms with Gasteiger partial charge in [0.2, 0.25) is 5.91 Å². The van der Waals surface area contributed by atoms with Crippen molar-refractivity contribution in [3.8, 4) is 11.4 Å². The van der Waals surface area contributed by atoms with Crippen LogP contribution in [-0.4, -0.2) is 45.3 Å². The second-order valence-corrected chi connectivity index (χ2v) is 7.93. The number of urea groups is 1. The Morgan fingerprint density at radius 2 is 1.90 bits per heavy atom. The molecule has 1 fully saturated rings. The quantitative estimate of drug-likeness (QED) is 0.529. The van der Waals surface area contributed by atoms with E-state index in [-0.39, 0.29) is 24.7 Å². The van der Waals surface area contributed by atoms with Gasteiger partial charge >= 0.3 is 6.03 Å². The molecule has 0 aliphatic carbocycles. The molecule has 1 aromatic carbocycles. The summed E-state index contributed by atoms with van der Waals surface area (Å²) in [6.45, 7) is 0.312. The van der Waals surface area contributed by atoms with Gasteiger partial charge in [0.1, 0.15) is 11.7 Å². The third-order valence-corrected chi connectivity index (χ3v) is 5.67. The Hall–Kier alpha value is -3.59. The largest absolute Gasteiger partial charge is 0.326 e. The highest BCUT2D eigenvalue weighted by atomic mass is 32.1. The third kappa shape index (κ3) is 5.13. The first kappa shape index (κ1) is 20.7. The average Bonchev–Trinajstić information content (AvgIpc) is 3.36. The summed E-state index contributed by atoms with van der Waals surface area (Å²) in [5, 5.41) is 7.71. The van der Waals surface area contributed by atoms with Crippen LogP contribution in [0.3, 0.4) is 0 Å². The summed E-state index contributed by atoms with van der Waals surface area (Å²) in [4.78, 5) is 46.9. The van der Waals surface area contributed by atoms with E-state index in [1.54, 1.807) is 6.20 Å². The Morgan fingerprint density at radius 1 is 1.10 bits per heavy atom. The number of imide groups is 1. The van der Waals surface area contributed by atoms with Gasteiger partial charge in [-0.05, 0) is 30.5 Å². The summed E-state index contributed by atoms with van der Waals surface area (Å²) >= 11 is 1.31. The van der Waals surface area contributed by atoms with E-state index in [0.717, 1.165) is 11.3 Å². The maximum Gasteiger partial charge on any atom is 0.324 e. The second kappa shape index (κ2) is 9.48. The number of benzene rings is 1. The SMILES string of the molecule is O=C(CC[C@H]1NC(=O)N(CCc2ccccc2)C1=O)Nc1nc(-c2ccccn2)cs1. The van der Waals surface area contributed by atoms with Crippen molar-refractivity contribution in [1.29, 1.82) is 0 Å². The van der Waals surface area contributed by atoms with Gasteiger partial charge in [-0.25, -0.2) is 9.78 Å². The number of carbonyl (C=O) groups excluding carboxylic acids is 3. The summed E-state index contributed by atoms with van der Waals surface area (Å²) < 4.78 is 0. The number of aromatic nitrogens is 2. The predicted octanol–water partition coefficient (Wildman–Crippen LogP) is 3.09. The Bertz CT molecular complexity index is 1070. The van der Waals surface area contributed by atoms with E-state index in [9.17, 15) is 14.4 Å². The van der Waals surface area contributed by atoms with E-state index in [2.05, 4.69) is 20.6 Å².